The molecule has 0 saturated heterocycles. The highest BCUT2D eigenvalue weighted by Gasteiger charge is 1.98. The van der Waals surface area contributed by atoms with Gasteiger partial charge in [0.2, 0.25) is 5.88 Å². The molecule has 1 aromatic heterocycles. The molecule has 3 N–H and O–H groups in total. The van der Waals surface area contributed by atoms with Gasteiger partial charge in [0, 0.05) is 17.8 Å². The number of ether oxygens (including phenoxy) is 1. The lowest BCUT2D eigenvalue weighted by Crippen LogP contribution is -2.11. The molecule has 0 aromatic carbocycles. The fourth-order valence-corrected chi connectivity index (χ4v) is 0.946. The van der Waals surface area contributed by atoms with E-state index in [9.17, 15) is 0 Å². The van der Waals surface area contributed by atoms with Crippen molar-refractivity contribution in [2.24, 2.45) is 5.73 Å². The number of hydrogen-bond acceptors (Lipinski definition) is 3. The molecule has 0 radical (unpaired) electrons. The van der Waals surface area contributed by atoms with Crippen LogP contribution in [-0.2, 0) is 0 Å². The van der Waals surface area contributed by atoms with E-state index in [-0.39, 0.29) is 5.84 Å². The van der Waals surface area contributed by atoms with Crippen molar-refractivity contribution in [3.8, 4) is 5.88 Å². The number of amidine groups is 1. The number of nitrogen functional groups attached to an aromatic ring is 1. The van der Waals surface area contributed by atoms with Crippen molar-refractivity contribution in [1.29, 1.82) is 5.41 Å². The van der Waals surface area contributed by atoms with E-state index in [1.54, 1.807) is 18.3 Å². The molecule has 0 unspecified atom stereocenters. The smallest absolute Gasteiger partial charge is 0.213 e. The van der Waals surface area contributed by atoms with Crippen molar-refractivity contribution in [3.05, 3.63) is 23.9 Å². The quantitative estimate of drug-likeness (QED) is 0.423. The van der Waals surface area contributed by atoms with Crippen molar-refractivity contribution in [1.82, 2.24) is 4.98 Å². The summed E-state index contributed by atoms with van der Waals surface area (Å²) in [5, 5.41) is 7.17. The molecule has 0 atom stereocenters. The summed E-state index contributed by atoms with van der Waals surface area (Å²) in [6, 6.07) is 3.46. The van der Waals surface area contributed by atoms with Gasteiger partial charge in [0.1, 0.15) is 5.84 Å². The van der Waals surface area contributed by atoms with Gasteiger partial charge in [-0.2, -0.15) is 0 Å². The third-order valence-corrected chi connectivity index (χ3v) is 1.80. The minimum atomic E-state index is 0.0256. The Morgan fingerprint density at radius 2 is 2.36 bits per heavy atom. The molecule has 4 nitrogen and oxygen atoms in total. The van der Waals surface area contributed by atoms with Crippen molar-refractivity contribution in [2.75, 3.05) is 6.61 Å². The van der Waals surface area contributed by atoms with Crippen molar-refractivity contribution >= 4 is 5.84 Å². The Balaban J connectivity index is 2.51. The molecule has 1 aromatic rings. The second-order valence-electron chi connectivity index (χ2n) is 3.00. The maximum Gasteiger partial charge on any atom is 0.213 e. The van der Waals surface area contributed by atoms with E-state index in [2.05, 4.69) is 11.9 Å². The number of nitrogens with zero attached hydrogens (tertiary/aromatic N) is 1. The zero-order valence-electron chi connectivity index (χ0n) is 8.29. The fourth-order valence-electron chi connectivity index (χ4n) is 0.946. The average molecular weight is 193 g/mol. The van der Waals surface area contributed by atoms with Gasteiger partial charge >= 0.3 is 0 Å². The van der Waals surface area contributed by atoms with E-state index in [0.717, 1.165) is 12.8 Å². The van der Waals surface area contributed by atoms with Crippen LogP contribution >= 0.6 is 0 Å². The maximum absolute atomic E-state index is 7.17. The molecule has 76 valence electrons. The first-order chi connectivity index (χ1) is 6.74. The summed E-state index contributed by atoms with van der Waals surface area (Å²) in [5.41, 5.74) is 5.91. The number of pyridine rings is 1. The first kappa shape index (κ1) is 10.5. The second-order valence-corrected chi connectivity index (χ2v) is 3.00. The number of unbranched alkanes of at least 4 members (excludes halogenated alkanes) is 1. The third kappa shape index (κ3) is 3.05. The van der Waals surface area contributed by atoms with Gasteiger partial charge in [0.25, 0.3) is 0 Å². The minimum absolute atomic E-state index is 0.0256. The third-order valence-electron chi connectivity index (χ3n) is 1.80. The molecule has 0 aliphatic heterocycles. The van der Waals surface area contributed by atoms with Crippen LogP contribution in [0.25, 0.3) is 0 Å². The zero-order valence-corrected chi connectivity index (χ0v) is 8.29. The van der Waals surface area contributed by atoms with E-state index in [1.807, 2.05) is 0 Å². The number of nitrogens with one attached hydrogen (secondary N) is 1. The molecular formula is C10H15N3O. The minimum Gasteiger partial charge on any atom is -0.478 e. The van der Waals surface area contributed by atoms with Crippen LogP contribution in [0.5, 0.6) is 5.88 Å². The second kappa shape index (κ2) is 5.21. The summed E-state index contributed by atoms with van der Waals surface area (Å²) < 4.78 is 5.36. The first-order valence-electron chi connectivity index (χ1n) is 4.67. The highest BCUT2D eigenvalue weighted by Crippen LogP contribution is 2.07. The number of nitrogens with two attached hydrogens (primary N) is 1. The lowest BCUT2D eigenvalue weighted by atomic mass is 10.3. The Kier molecular flexibility index (Phi) is 3.91. The average Bonchev–Trinajstić information content (AvgIpc) is 2.19. The van der Waals surface area contributed by atoms with Crippen LogP contribution in [0, 0.1) is 5.41 Å². The van der Waals surface area contributed by atoms with Crippen LogP contribution in [0.2, 0.25) is 0 Å². The molecule has 0 aliphatic carbocycles. The normalized spacial score (nSPS) is 9.79. The standard InChI is InChI=1S/C10H15N3O/c1-2-3-6-14-9-5-4-8(7-13-9)10(11)12/h4-5,7H,2-3,6H2,1H3,(H3,11,12). The van der Waals surface area contributed by atoms with Gasteiger partial charge in [-0.05, 0) is 12.5 Å². The van der Waals surface area contributed by atoms with Crippen LogP contribution in [0.4, 0.5) is 0 Å². The summed E-state index contributed by atoms with van der Waals surface area (Å²) >= 11 is 0. The summed E-state index contributed by atoms with van der Waals surface area (Å²) in [6.07, 6.45) is 3.67. The largest absolute Gasteiger partial charge is 0.478 e. The molecule has 0 spiro atoms. The fraction of sp³-hybridized carbons (Fsp3) is 0.400. The van der Waals surface area contributed by atoms with Gasteiger partial charge in [0.15, 0.2) is 0 Å². The summed E-state index contributed by atoms with van der Waals surface area (Å²) in [7, 11) is 0. The number of aromatic nitrogens is 1. The topological polar surface area (TPSA) is 72.0 Å². The SMILES string of the molecule is CCCCOc1ccc(C(=N)N)cn1. The highest BCUT2D eigenvalue weighted by atomic mass is 16.5. The predicted octanol–water partition coefficient (Wildman–Crippen LogP) is 1.54. The predicted molar refractivity (Wildman–Crippen MR) is 55.7 cm³/mol. The zero-order chi connectivity index (χ0) is 10.4. The van der Waals surface area contributed by atoms with Crippen LogP contribution < -0.4 is 10.5 Å². The lowest BCUT2D eigenvalue weighted by molar-refractivity contribution is 0.298. The maximum atomic E-state index is 7.17. The van der Waals surface area contributed by atoms with Crippen LogP contribution in [0.3, 0.4) is 0 Å². The Morgan fingerprint density at radius 3 is 2.86 bits per heavy atom. The van der Waals surface area contributed by atoms with E-state index in [1.165, 1.54) is 0 Å². The van der Waals surface area contributed by atoms with Gasteiger partial charge in [-0.1, -0.05) is 13.3 Å². The van der Waals surface area contributed by atoms with E-state index >= 15 is 0 Å². The number of rotatable bonds is 5. The van der Waals surface area contributed by atoms with Gasteiger partial charge in [0.05, 0.1) is 6.61 Å². The highest BCUT2D eigenvalue weighted by molar-refractivity contribution is 5.94. The van der Waals surface area contributed by atoms with E-state index in [4.69, 9.17) is 15.9 Å². The van der Waals surface area contributed by atoms with E-state index in [0.29, 0.717) is 18.1 Å². The molecule has 1 heterocycles. The molecule has 0 saturated carbocycles. The molecule has 0 amide bonds. The van der Waals surface area contributed by atoms with Crippen LogP contribution in [-0.4, -0.2) is 17.4 Å². The first-order valence-corrected chi connectivity index (χ1v) is 4.67. The lowest BCUT2D eigenvalue weighted by Gasteiger charge is -2.04. The molecule has 0 fully saturated rings. The molecular weight excluding hydrogens is 178 g/mol. The van der Waals surface area contributed by atoms with Crippen molar-refractivity contribution < 1.29 is 4.74 Å². The van der Waals surface area contributed by atoms with Gasteiger partial charge < -0.3 is 10.5 Å². The Labute approximate surface area is 83.6 Å². The Hall–Kier alpha value is -1.58. The molecule has 14 heavy (non-hydrogen) atoms. The van der Waals surface area contributed by atoms with Gasteiger partial charge in [-0.15, -0.1) is 0 Å². The summed E-state index contributed by atoms with van der Waals surface area (Å²) in [6.45, 7) is 2.79. The monoisotopic (exact) mass is 193 g/mol. The molecule has 1 rings (SSSR count). The van der Waals surface area contributed by atoms with Crippen molar-refractivity contribution in [2.45, 2.75) is 19.8 Å². The molecule has 0 bridgehead atoms. The van der Waals surface area contributed by atoms with Gasteiger partial charge in [-0.25, -0.2) is 4.98 Å². The van der Waals surface area contributed by atoms with E-state index < -0.39 is 0 Å². The summed E-state index contributed by atoms with van der Waals surface area (Å²) in [4.78, 5) is 4.03. The summed E-state index contributed by atoms with van der Waals surface area (Å²) in [5.74, 6) is 0.612. The number of hydrogen-bond donors (Lipinski definition) is 2. The van der Waals surface area contributed by atoms with Crippen molar-refractivity contribution in [3.63, 3.8) is 0 Å². The van der Waals surface area contributed by atoms with Crippen LogP contribution in [0.1, 0.15) is 25.3 Å². The van der Waals surface area contributed by atoms with Gasteiger partial charge in [-0.3, -0.25) is 5.41 Å². The Bertz CT molecular complexity index is 295. The van der Waals surface area contributed by atoms with Crippen LogP contribution in [0.15, 0.2) is 18.3 Å². The molecule has 0 aliphatic rings. The Morgan fingerprint density at radius 1 is 1.57 bits per heavy atom. The molecule has 4 heteroatoms.